The Kier molecular flexibility index (Phi) is 9.45. The first-order valence-corrected chi connectivity index (χ1v) is 16.8. The summed E-state index contributed by atoms with van der Waals surface area (Å²) in [6, 6.07) is 31.9. The highest BCUT2D eigenvalue weighted by Gasteiger charge is 2.22. The van der Waals surface area contributed by atoms with Crippen molar-refractivity contribution in [3.63, 3.8) is 0 Å². The third-order valence-corrected chi connectivity index (χ3v) is 9.13. The van der Waals surface area contributed by atoms with Gasteiger partial charge >= 0.3 is 5.97 Å². The van der Waals surface area contributed by atoms with Gasteiger partial charge in [-0.25, -0.2) is 9.78 Å². The van der Waals surface area contributed by atoms with Crippen LogP contribution in [0.5, 0.6) is 0 Å². The maximum atomic E-state index is 13.6. The van der Waals surface area contributed by atoms with Gasteiger partial charge in [0.1, 0.15) is 5.82 Å². The highest BCUT2D eigenvalue weighted by molar-refractivity contribution is 7.79. The van der Waals surface area contributed by atoms with Gasteiger partial charge in [0.25, 0.3) is 0 Å². The van der Waals surface area contributed by atoms with Crippen molar-refractivity contribution in [1.29, 1.82) is 0 Å². The fourth-order valence-corrected chi connectivity index (χ4v) is 6.76. The van der Waals surface area contributed by atoms with Gasteiger partial charge in [-0.05, 0) is 64.2 Å². The molecule has 238 valence electrons. The highest BCUT2D eigenvalue weighted by atomic mass is 32.1. The molecule has 0 radical (unpaired) electrons. The molecule has 7 heteroatoms. The van der Waals surface area contributed by atoms with Gasteiger partial charge in [-0.3, -0.25) is 4.79 Å². The first kappa shape index (κ1) is 32.1. The van der Waals surface area contributed by atoms with Crippen LogP contribution in [0.2, 0.25) is 0 Å². The largest absolute Gasteiger partial charge is 0.478 e. The van der Waals surface area contributed by atoms with Crippen LogP contribution < -0.4 is 4.90 Å². The van der Waals surface area contributed by atoms with Gasteiger partial charge in [0.15, 0.2) is 0 Å². The molecule has 0 aliphatic rings. The van der Waals surface area contributed by atoms with Gasteiger partial charge < -0.3 is 14.6 Å². The van der Waals surface area contributed by atoms with Crippen LogP contribution in [0.3, 0.4) is 0 Å². The molecule has 0 aliphatic carbocycles. The molecule has 0 atom stereocenters. The maximum absolute atomic E-state index is 13.6. The fourth-order valence-electron chi connectivity index (χ4n) is 6.50. The number of carboxylic acids is 1. The molecule has 6 aromatic rings. The summed E-state index contributed by atoms with van der Waals surface area (Å²) < 4.78 is 2.29. The second-order valence-electron chi connectivity index (χ2n) is 12.0. The third-order valence-electron chi connectivity index (χ3n) is 8.79. The number of rotatable bonds is 11. The number of aromatic nitrogens is 2. The monoisotopic (exact) mass is 641 g/mol. The molecule has 47 heavy (non-hydrogen) atoms. The minimum atomic E-state index is -0.938. The number of carboxylic acid groups (broad SMARTS) is 1. The average Bonchev–Trinajstić information content (AvgIpc) is 3.43. The van der Waals surface area contributed by atoms with Crippen molar-refractivity contribution < 1.29 is 14.7 Å². The zero-order valence-corrected chi connectivity index (χ0v) is 27.9. The van der Waals surface area contributed by atoms with Gasteiger partial charge in [-0.2, -0.15) is 12.6 Å². The van der Waals surface area contributed by atoms with Crippen molar-refractivity contribution in [2.75, 3.05) is 4.90 Å². The number of carbonyl (C=O) groups excluding carboxylic acids is 1. The summed E-state index contributed by atoms with van der Waals surface area (Å²) in [5.74, 6) is 0.675. The van der Waals surface area contributed by atoms with E-state index in [4.69, 9.17) is 4.98 Å². The van der Waals surface area contributed by atoms with E-state index in [0.29, 0.717) is 30.8 Å². The molecular weight excluding hydrogens is 603 g/mol. The number of imidazole rings is 1. The lowest BCUT2D eigenvalue weighted by molar-refractivity contribution is -0.118. The summed E-state index contributed by atoms with van der Waals surface area (Å²) in [5.41, 5.74) is 9.02. The Bertz CT molecular complexity index is 2100. The molecule has 0 aliphatic heterocycles. The van der Waals surface area contributed by atoms with Crippen molar-refractivity contribution >= 4 is 52.0 Å². The second-order valence-corrected chi connectivity index (χ2v) is 12.3. The highest BCUT2D eigenvalue weighted by Crippen LogP contribution is 2.35. The molecule has 1 N–H and O–H groups in total. The zero-order valence-electron chi connectivity index (χ0n) is 27.0. The first-order valence-electron chi connectivity index (χ1n) is 16.1. The van der Waals surface area contributed by atoms with E-state index >= 15 is 0 Å². The number of hydrogen-bond acceptors (Lipinski definition) is 4. The molecule has 0 saturated carbocycles. The lowest BCUT2D eigenvalue weighted by Gasteiger charge is -2.27. The predicted octanol–water partition coefficient (Wildman–Crippen LogP) is 9.24. The normalized spacial score (nSPS) is 11.3. The summed E-state index contributed by atoms with van der Waals surface area (Å²) in [4.78, 5) is 32.4. The van der Waals surface area contributed by atoms with E-state index in [9.17, 15) is 14.7 Å². The lowest BCUT2D eigenvalue weighted by atomic mass is 9.98. The Morgan fingerprint density at radius 2 is 1.64 bits per heavy atom. The van der Waals surface area contributed by atoms with Crippen molar-refractivity contribution in [3.8, 4) is 11.1 Å². The summed E-state index contributed by atoms with van der Waals surface area (Å²) >= 11 is 4.64. The summed E-state index contributed by atoms with van der Waals surface area (Å²) in [6.07, 6.45) is 2.20. The third kappa shape index (κ3) is 6.41. The molecule has 0 saturated heterocycles. The molecule has 0 unspecified atom stereocenters. The smallest absolute Gasteiger partial charge is 0.336 e. The van der Waals surface area contributed by atoms with Gasteiger partial charge in [-0.1, -0.05) is 98.8 Å². The quantitative estimate of drug-likeness (QED) is 0.138. The number of anilines is 1. The molecule has 0 bridgehead atoms. The standard InChI is InChI=1S/C40H39N3O3S/c1-4-10-36-41-38-26(3)21-28(24-43(37(44)5-2)39-31(25-47)20-19-29-11-6-7-13-33(29)39)22-35(38)42(36)23-27-15-17-30(18-16-27)32-12-8-9-14-34(32)40(45)46/h6-9,11-22,47H,4-5,10,23-25H2,1-3H3,(H,45,46). The molecule has 0 fully saturated rings. The van der Waals surface area contributed by atoms with Crippen LogP contribution in [0.4, 0.5) is 5.69 Å². The van der Waals surface area contributed by atoms with Crippen molar-refractivity contribution in [2.45, 2.75) is 58.9 Å². The number of nitrogens with zero attached hydrogens (tertiary/aromatic N) is 3. The van der Waals surface area contributed by atoms with Crippen molar-refractivity contribution in [1.82, 2.24) is 9.55 Å². The van der Waals surface area contributed by atoms with Crippen LogP contribution in [0.1, 0.15) is 65.1 Å². The number of amides is 1. The van der Waals surface area contributed by atoms with Crippen molar-refractivity contribution in [2.24, 2.45) is 0 Å². The SMILES string of the molecule is CCCc1nc2c(C)cc(CN(C(=O)CC)c3c(CS)ccc4ccccc34)cc2n1Cc1ccc(-c2ccccc2C(=O)O)cc1. The number of hydrogen-bond donors (Lipinski definition) is 2. The summed E-state index contributed by atoms with van der Waals surface area (Å²) in [7, 11) is 0. The number of aryl methyl sites for hydroxylation is 2. The van der Waals surface area contributed by atoms with Crippen molar-refractivity contribution in [3.05, 3.63) is 131 Å². The Labute approximate surface area is 281 Å². The molecule has 1 heterocycles. The minimum Gasteiger partial charge on any atom is -0.478 e. The number of benzene rings is 5. The number of thiol groups is 1. The van der Waals surface area contributed by atoms with Crippen LogP contribution in [0.15, 0.2) is 97.1 Å². The summed E-state index contributed by atoms with van der Waals surface area (Å²) in [6.45, 7) is 7.22. The van der Waals surface area contributed by atoms with E-state index in [0.717, 1.165) is 74.0 Å². The predicted molar refractivity (Wildman–Crippen MR) is 195 cm³/mol. The number of carbonyl (C=O) groups is 2. The summed E-state index contributed by atoms with van der Waals surface area (Å²) in [5, 5.41) is 11.8. The molecule has 6 rings (SSSR count). The maximum Gasteiger partial charge on any atom is 0.336 e. The van der Waals surface area contributed by atoms with Gasteiger partial charge in [0.2, 0.25) is 5.91 Å². The van der Waals surface area contributed by atoms with E-state index in [1.54, 1.807) is 12.1 Å². The Balaban J connectivity index is 1.40. The molecule has 1 aromatic heterocycles. The van der Waals surface area contributed by atoms with E-state index in [1.807, 2.05) is 48.2 Å². The topological polar surface area (TPSA) is 75.4 Å². The second kappa shape index (κ2) is 13.9. The minimum absolute atomic E-state index is 0.0619. The molecular formula is C40H39N3O3S. The van der Waals surface area contributed by atoms with Crippen LogP contribution in [0, 0.1) is 6.92 Å². The van der Waals surface area contributed by atoms with Gasteiger partial charge in [-0.15, -0.1) is 0 Å². The molecule has 5 aromatic carbocycles. The van der Waals surface area contributed by atoms with Crippen LogP contribution in [-0.4, -0.2) is 26.5 Å². The number of aromatic carboxylic acids is 1. The lowest BCUT2D eigenvalue weighted by Crippen LogP contribution is -2.30. The van der Waals surface area contributed by atoms with Crippen LogP contribution in [0.25, 0.3) is 32.9 Å². The van der Waals surface area contributed by atoms with Crippen LogP contribution in [-0.2, 0) is 30.1 Å². The Morgan fingerprint density at radius 1 is 0.894 bits per heavy atom. The van der Waals surface area contributed by atoms with Crippen LogP contribution >= 0.6 is 12.6 Å². The number of fused-ring (bicyclic) bond motifs is 2. The molecule has 1 amide bonds. The van der Waals surface area contributed by atoms with E-state index in [-0.39, 0.29) is 11.5 Å². The Morgan fingerprint density at radius 3 is 2.36 bits per heavy atom. The van der Waals surface area contributed by atoms with E-state index < -0.39 is 5.97 Å². The van der Waals surface area contributed by atoms with E-state index in [2.05, 4.69) is 79.6 Å². The molecule has 0 spiro atoms. The first-order chi connectivity index (χ1) is 22.8. The molecule has 6 nitrogen and oxygen atoms in total. The Hall–Kier alpha value is -4.88. The van der Waals surface area contributed by atoms with E-state index in [1.165, 1.54) is 0 Å². The average molecular weight is 642 g/mol. The van der Waals surface area contributed by atoms with Gasteiger partial charge in [0.05, 0.1) is 28.8 Å². The van der Waals surface area contributed by atoms with Gasteiger partial charge in [0, 0.05) is 30.5 Å². The fraction of sp³-hybridized carbons (Fsp3) is 0.225. The zero-order chi connectivity index (χ0) is 33.1.